The van der Waals surface area contributed by atoms with Crippen molar-refractivity contribution in [2.45, 2.75) is 35.9 Å². The minimum Gasteiger partial charge on any atom is -0.485 e. The zero-order valence-corrected chi connectivity index (χ0v) is 17.7. The van der Waals surface area contributed by atoms with E-state index in [2.05, 4.69) is 22.9 Å². The van der Waals surface area contributed by atoms with Crippen molar-refractivity contribution >= 4 is 45.3 Å². The number of ether oxygens (including phenoxy) is 1. The molecule has 2 N–H and O–H groups in total. The van der Waals surface area contributed by atoms with E-state index in [1.807, 2.05) is 18.2 Å². The van der Waals surface area contributed by atoms with Crippen LogP contribution in [0.4, 0.5) is 14.3 Å². The molecule has 9 heteroatoms. The van der Waals surface area contributed by atoms with E-state index in [0.29, 0.717) is 58.3 Å². The highest BCUT2D eigenvalue weighted by Crippen LogP contribution is 2.46. The van der Waals surface area contributed by atoms with Gasteiger partial charge in [-0.25, -0.2) is 14.2 Å². The molecule has 1 spiro atoms. The topological polar surface area (TPSA) is 74.7 Å². The number of aliphatic hydroxyl groups excluding tert-OH is 1. The van der Waals surface area contributed by atoms with Crippen LogP contribution in [0, 0.1) is 5.82 Å². The third-order valence-corrected chi connectivity index (χ3v) is 7.08. The van der Waals surface area contributed by atoms with E-state index in [9.17, 15) is 14.3 Å². The van der Waals surface area contributed by atoms with Crippen LogP contribution in [0.15, 0.2) is 41.3 Å². The number of para-hydroxylation sites is 1. The largest absolute Gasteiger partial charge is 0.485 e. The Morgan fingerprint density at radius 2 is 2.13 bits per heavy atom. The van der Waals surface area contributed by atoms with Gasteiger partial charge in [-0.3, -0.25) is 5.32 Å². The second kappa shape index (κ2) is 7.40. The Labute approximate surface area is 182 Å². The van der Waals surface area contributed by atoms with E-state index >= 15 is 0 Å². The summed E-state index contributed by atoms with van der Waals surface area (Å²) in [4.78, 5) is 19.5. The number of carbonyl (C=O) groups is 1. The van der Waals surface area contributed by atoms with E-state index in [1.165, 1.54) is 23.5 Å². The number of thiol groups is 1. The Morgan fingerprint density at radius 1 is 1.33 bits per heavy atom. The molecule has 0 unspecified atom stereocenters. The second-order valence-corrected chi connectivity index (χ2v) is 9.26. The van der Waals surface area contributed by atoms with Gasteiger partial charge in [0.1, 0.15) is 17.2 Å². The Kier molecular flexibility index (Phi) is 4.83. The summed E-state index contributed by atoms with van der Waals surface area (Å²) in [5, 5.41) is 13.9. The third-order valence-electron chi connectivity index (χ3n) is 5.79. The molecule has 3 aromatic rings. The monoisotopic (exact) mass is 445 g/mol. The van der Waals surface area contributed by atoms with Crippen LogP contribution in [0.1, 0.15) is 30.9 Å². The normalized spacial score (nSPS) is 20.1. The minimum atomic E-state index is -0.607. The van der Waals surface area contributed by atoms with Gasteiger partial charge in [-0.15, -0.1) is 12.6 Å². The molecular weight excluding hydrogens is 425 g/mol. The number of rotatable bonds is 1. The fraction of sp³-hybridized carbons (Fsp3) is 0.333. The molecule has 2 aliphatic heterocycles. The average Bonchev–Trinajstić information content (AvgIpc) is 3.10. The van der Waals surface area contributed by atoms with E-state index in [-0.39, 0.29) is 11.8 Å². The third kappa shape index (κ3) is 3.51. The second-order valence-electron chi connectivity index (χ2n) is 7.75. The lowest BCUT2D eigenvalue weighted by molar-refractivity contribution is -0.0491. The number of likely N-dealkylation sites (tertiary alicyclic amines) is 1. The Balaban J connectivity index is 1.26. The van der Waals surface area contributed by atoms with Gasteiger partial charge in [0.05, 0.1) is 16.3 Å². The van der Waals surface area contributed by atoms with Crippen LogP contribution in [0.2, 0.25) is 0 Å². The van der Waals surface area contributed by atoms with Crippen molar-refractivity contribution in [3.8, 4) is 5.75 Å². The number of carbonyl (C=O) groups excluding carboxylic acids is 1. The van der Waals surface area contributed by atoms with Crippen LogP contribution in [0.25, 0.3) is 10.2 Å². The molecule has 0 saturated carbocycles. The van der Waals surface area contributed by atoms with E-state index in [4.69, 9.17) is 4.74 Å². The lowest BCUT2D eigenvalue weighted by atomic mass is 9.82. The molecule has 0 aliphatic carbocycles. The predicted octanol–water partition coefficient (Wildman–Crippen LogP) is 4.61. The number of fused-ring (bicyclic) bond motifs is 2. The van der Waals surface area contributed by atoms with Crippen molar-refractivity contribution in [3.63, 3.8) is 0 Å². The number of thiazole rings is 1. The summed E-state index contributed by atoms with van der Waals surface area (Å²) in [6.45, 7) is 1.00. The van der Waals surface area contributed by atoms with Gasteiger partial charge in [0.25, 0.3) is 0 Å². The quantitative estimate of drug-likeness (QED) is 0.479. The number of hydrogen-bond acceptors (Lipinski definition) is 6. The zero-order valence-electron chi connectivity index (χ0n) is 16.0. The number of hydrogen-bond donors (Lipinski definition) is 3. The van der Waals surface area contributed by atoms with Gasteiger partial charge in [-0.1, -0.05) is 23.5 Å². The summed E-state index contributed by atoms with van der Waals surface area (Å²) in [6, 6.07) is 9.68. The average molecular weight is 446 g/mol. The number of aliphatic hydroxyl groups is 1. The van der Waals surface area contributed by atoms with Gasteiger partial charge >= 0.3 is 6.03 Å². The first kappa shape index (κ1) is 19.6. The van der Waals surface area contributed by atoms with Crippen molar-refractivity contribution in [1.82, 2.24) is 9.88 Å². The number of benzene rings is 2. The smallest absolute Gasteiger partial charge is 0.323 e. The van der Waals surface area contributed by atoms with Crippen LogP contribution in [0.3, 0.4) is 0 Å². The van der Waals surface area contributed by atoms with Gasteiger partial charge in [-0.05, 0) is 24.3 Å². The number of halogens is 1. The molecule has 1 fully saturated rings. The molecule has 6 nitrogen and oxygen atoms in total. The highest BCUT2D eigenvalue weighted by molar-refractivity contribution is 7.80. The van der Waals surface area contributed by atoms with Crippen LogP contribution < -0.4 is 10.1 Å². The summed E-state index contributed by atoms with van der Waals surface area (Å²) in [7, 11) is 0. The minimum absolute atomic E-state index is 0.240. The Bertz CT molecular complexity index is 1130. The first-order valence-electron chi connectivity index (χ1n) is 9.73. The van der Waals surface area contributed by atoms with Crippen molar-refractivity contribution in [2.24, 2.45) is 0 Å². The van der Waals surface area contributed by atoms with Gasteiger partial charge in [-0.2, -0.15) is 0 Å². The lowest BCUT2D eigenvalue weighted by Crippen LogP contribution is -2.52. The van der Waals surface area contributed by atoms with Gasteiger partial charge in [0.15, 0.2) is 5.13 Å². The summed E-state index contributed by atoms with van der Waals surface area (Å²) < 4.78 is 20.4. The first-order valence-corrected chi connectivity index (χ1v) is 11.0. The standard InChI is InChI=1S/C21H20FN3O3S2/c22-12-4-5-14-17(10-12)30-19(23-14)24-20(27)25-8-6-21(7-9-25)11-15(26)13-2-1-3-16(29)18(13)28-21/h1-5,10,15,26,29H,6-9,11H2,(H,23,24,27)/t15-/m1/s1. The van der Waals surface area contributed by atoms with E-state index in [0.717, 1.165) is 5.56 Å². The summed E-state index contributed by atoms with van der Waals surface area (Å²) in [5.74, 6) is 0.310. The molecule has 0 radical (unpaired) electrons. The van der Waals surface area contributed by atoms with Crippen molar-refractivity contribution in [3.05, 3.63) is 47.8 Å². The van der Waals surface area contributed by atoms with Crippen LogP contribution in [-0.2, 0) is 0 Å². The Morgan fingerprint density at radius 3 is 2.93 bits per heavy atom. The van der Waals surface area contributed by atoms with Crippen LogP contribution >= 0.6 is 24.0 Å². The molecule has 2 aliphatic rings. The van der Waals surface area contributed by atoms with Crippen LogP contribution in [0.5, 0.6) is 5.75 Å². The maximum atomic E-state index is 13.4. The first-order chi connectivity index (χ1) is 14.4. The van der Waals surface area contributed by atoms with Crippen LogP contribution in [-0.4, -0.2) is 39.7 Å². The molecule has 2 aromatic carbocycles. The number of nitrogens with zero attached hydrogens (tertiary/aromatic N) is 2. The molecule has 2 amide bonds. The number of anilines is 1. The van der Waals surface area contributed by atoms with E-state index in [1.54, 1.807) is 11.0 Å². The molecule has 0 bridgehead atoms. The highest BCUT2D eigenvalue weighted by Gasteiger charge is 2.44. The fourth-order valence-corrected chi connectivity index (χ4v) is 5.32. The number of amides is 2. The van der Waals surface area contributed by atoms with Crippen molar-refractivity contribution in [1.29, 1.82) is 0 Å². The Hall–Kier alpha value is -2.36. The molecule has 1 saturated heterocycles. The van der Waals surface area contributed by atoms with Gasteiger partial charge < -0.3 is 14.7 Å². The molecule has 3 heterocycles. The number of nitrogens with one attached hydrogen (secondary N) is 1. The zero-order chi connectivity index (χ0) is 20.9. The number of piperidine rings is 1. The highest BCUT2D eigenvalue weighted by atomic mass is 32.1. The molecule has 1 aromatic heterocycles. The summed E-state index contributed by atoms with van der Waals surface area (Å²) >= 11 is 5.72. The van der Waals surface area contributed by atoms with E-state index < -0.39 is 11.7 Å². The maximum Gasteiger partial charge on any atom is 0.323 e. The van der Waals surface area contributed by atoms with Crippen molar-refractivity contribution < 1.29 is 19.0 Å². The predicted molar refractivity (Wildman–Crippen MR) is 116 cm³/mol. The van der Waals surface area contributed by atoms with Crippen molar-refractivity contribution in [2.75, 3.05) is 18.4 Å². The number of aromatic nitrogens is 1. The molecule has 30 heavy (non-hydrogen) atoms. The SMILES string of the molecule is O=C(Nc1nc2ccc(F)cc2s1)N1CCC2(CC1)C[C@@H](O)c1cccc(S)c1O2. The van der Waals surface area contributed by atoms with Gasteiger partial charge in [0, 0.05) is 42.8 Å². The summed E-state index contributed by atoms with van der Waals surface area (Å²) in [5.41, 5.74) is 0.913. The molecular formula is C21H20FN3O3S2. The molecule has 156 valence electrons. The number of urea groups is 1. The summed E-state index contributed by atoms with van der Waals surface area (Å²) in [6.07, 6.45) is 1.12. The molecule has 5 rings (SSSR count). The lowest BCUT2D eigenvalue weighted by Gasteiger charge is -2.46. The van der Waals surface area contributed by atoms with Gasteiger partial charge in [0.2, 0.25) is 0 Å². The maximum absolute atomic E-state index is 13.4. The fourth-order valence-electron chi connectivity index (χ4n) is 4.18. The molecule has 1 atom stereocenters.